The van der Waals surface area contributed by atoms with Gasteiger partial charge in [-0.15, -0.1) is 0 Å². The van der Waals surface area contributed by atoms with Gasteiger partial charge in [-0.25, -0.2) is 19.2 Å². The summed E-state index contributed by atoms with van der Waals surface area (Å²) in [5.74, 6) is -0.474. The smallest absolute Gasteiger partial charge is 0.414 e. The number of pyridine rings is 1. The van der Waals surface area contributed by atoms with Gasteiger partial charge in [-0.2, -0.15) is 0 Å². The number of carbonyl (C=O) groups excluding carboxylic acids is 2. The molecule has 0 aromatic carbocycles. The predicted molar refractivity (Wildman–Crippen MR) is 117 cm³/mol. The molecule has 2 amide bonds. The summed E-state index contributed by atoms with van der Waals surface area (Å²) in [4.78, 5) is 40.2. The Morgan fingerprint density at radius 3 is 2.61 bits per heavy atom. The van der Waals surface area contributed by atoms with Crippen LogP contribution in [0.2, 0.25) is 0 Å². The van der Waals surface area contributed by atoms with Gasteiger partial charge in [0.15, 0.2) is 11.8 Å². The van der Waals surface area contributed by atoms with Crippen LogP contribution in [0, 0.1) is 16.6 Å². The number of carbonyl (C=O) groups is 2. The van der Waals surface area contributed by atoms with Gasteiger partial charge >= 0.3 is 6.09 Å². The Morgan fingerprint density at radius 1 is 1.30 bits per heavy atom. The Balaban J connectivity index is 1.41. The number of aromatic nitrogens is 3. The highest BCUT2D eigenvalue weighted by Gasteiger charge is 2.43. The SMILES string of the molecule is CN1CC2(CCN(c3ncc(-c4nccc(COC(=O)NC(=N)N)c4F)cn3)CC2)CC1=O. The molecule has 11 nitrogen and oxygen atoms in total. The monoisotopic (exact) mass is 456 g/mol. The van der Waals surface area contributed by atoms with Gasteiger partial charge in [-0.1, -0.05) is 0 Å². The number of likely N-dealkylation sites (tertiary alicyclic amines) is 1. The quantitative estimate of drug-likeness (QED) is 0.459. The van der Waals surface area contributed by atoms with Crippen LogP contribution in [-0.4, -0.2) is 64.5 Å². The molecular weight excluding hydrogens is 431 g/mol. The van der Waals surface area contributed by atoms with Crippen LogP contribution in [0.5, 0.6) is 0 Å². The van der Waals surface area contributed by atoms with E-state index in [9.17, 15) is 14.0 Å². The molecule has 4 rings (SSSR count). The summed E-state index contributed by atoms with van der Waals surface area (Å²) >= 11 is 0. The number of hydrogen-bond acceptors (Lipinski definition) is 8. The Kier molecular flexibility index (Phi) is 6.07. The standard InChI is InChI=1S/C21H25FN8O3/c1-29-12-21(8-15(29)31)3-6-30(7-4-21)19-26-9-14(10-27-19)17-16(22)13(2-5-25-17)11-33-20(32)28-18(23)24/h2,5,9-10H,3-4,6-8,11-12H2,1H3,(H4,23,24,28,32). The fraction of sp³-hybridized carbons (Fsp3) is 0.429. The molecule has 1 spiro atoms. The maximum atomic E-state index is 14.9. The van der Waals surface area contributed by atoms with E-state index in [2.05, 4.69) is 19.9 Å². The van der Waals surface area contributed by atoms with Gasteiger partial charge in [0, 0.05) is 68.2 Å². The molecule has 0 unspecified atom stereocenters. The van der Waals surface area contributed by atoms with E-state index in [-0.39, 0.29) is 29.2 Å². The van der Waals surface area contributed by atoms with Crippen LogP contribution in [0.3, 0.4) is 0 Å². The zero-order valence-electron chi connectivity index (χ0n) is 18.2. The average molecular weight is 456 g/mol. The zero-order chi connectivity index (χ0) is 23.6. The second-order valence-corrected chi connectivity index (χ2v) is 8.43. The first-order chi connectivity index (χ1) is 15.8. The van der Waals surface area contributed by atoms with Crippen molar-refractivity contribution in [1.82, 2.24) is 25.2 Å². The van der Waals surface area contributed by atoms with Crippen molar-refractivity contribution >= 4 is 23.9 Å². The molecule has 2 aromatic rings. The number of ether oxygens (including phenoxy) is 1. The van der Waals surface area contributed by atoms with Gasteiger partial charge in [0.2, 0.25) is 11.9 Å². The van der Waals surface area contributed by atoms with Crippen LogP contribution in [-0.2, 0) is 16.1 Å². The van der Waals surface area contributed by atoms with Crippen LogP contribution < -0.4 is 16.0 Å². The van der Waals surface area contributed by atoms with E-state index < -0.39 is 17.9 Å². The Bertz CT molecular complexity index is 1070. The minimum Gasteiger partial charge on any atom is -0.444 e. The van der Waals surface area contributed by atoms with E-state index in [4.69, 9.17) is 15.9 Å². The van der Waals surface area contributed by atoms with Crippen molar-refractivity contribution in [2.45, 2.75) is 25.9 Å². The highest BCUT2D eigenvalue weighted by Crippen LogP contribution is 2.41. The van der Waals surface area contributed by atoms with Gasteiger partial charge < -0.3 is 20.3 Å². The molecule has 2 aromatic heterocycles. The number of hydrogen-bond donors (Lipinski definition) is 3. The first-order valence-electron chi connectivity index (χ1n) is 10.5. The molecule has 4 N–H and O–H groups in total. The van der Waals surface area contributed by atoms with E-state index in [1.165, 1.54) is 24.7 Å². The summed E-state index contributed by atoms with van der Waals surface area (Å²) in [6.45, 7) is 1.94. The molecule has 2 saturated heterocycles. The van der Waals surface area contributed by atoms with Gasteiger partial charge in [-0.05, 0) is 18.9 Å². The molecule has 0 atom stereocenters. The number of piperidine rings is 1. The maximum absolute atomic E-state index is 14.9. The molecule has 2 fully saturated rings. The molecule has 0 radical (unpaired) electrons. The van der Waals surface area contributed by atoms with Gasteiger partial charge in [0.05, 0.1) is 0 Å². The lowest BCUT2D eigenvalue weighted by Gasteiger charge is -2.38. The minimum atomic E-state index is -0.954. The Morgan fingerprint density at radius 2 is 2.00 bits per heavy atom. The number of rotatable bonds is 4. The highest BCUT2D eigenvalue weighted by atomic mass is 19.1. The fourth-order valence-corrected chi connectivity index (χ4v) is 4.31. The zero-order valence-corrected chi connectivity index (χ0v) is 18.2. The second-order valence-electron chi connectivity index (χ2n) is 8.43. The van der Waals surface area contributed by atoms with Crippen molar-refractivity contribution in [1.29, 1.82) is 5.41 Å². The number of anilines is 1. The Hall–Kier alpha value is -3.83. The van der Waals surface area contributed by atoms with Crippen molar-refractivity contribution in [3.63, 3.8) is 0 Å². The molecule has 0 bridgehead atoms. The van der Waals surface area contributed by atoms with Gasteiger partial charge in [0.25, 0.3) is 0 Å². The van der Waals surface area contributed by atoms with Crippen LogP contribution in [0.25, 0.3) is 11.3 Å². The predicted octanol–water partition coefficient (Wildman–Crippen LogP) is 1.25. The number of nitrogens with two attached hydrogens (primary N) is 1. The molecule has 2 aliphatic heterocycles. The lowest BCUT2D eigenvalue weighted by Crippen LogP contribution is -2.42. The maximum Gasteiger partial charge on any atom is 0.414 e. The van der Waals surface area contributed by atoms with Crippen molar-refractivity contribution in [2.24, 2.45) is 11.1 Å². The molecular formula is C21H25FN8O3. The van der Waals surface area contributed by atoms with E-state index in [0.717, 1.165) is 32.5 Å². The van der Waals surface area contributed by atoms with E-state index >= 15 is 0 Å². The molecule has 0 saturated carbocycles. The lowest BCUT2D eigenvalue weighted by molar-refractivity contribution is -0.126. The van der Waals surface area contributed by atoms with Crippen LogP contribution in [0.1, 0.15) is 24.8 Å². The van der Waals surface area contributed by atoms with Crippen molar-refractivity contribution < 1.29 is 18.7 Å². The molecule has 2 aliphatic rings. The largest absolute Gasteiger partial charge is 0.444 e. The number of nitrogens with zero attached hydrogens (tertiary/aromatic N) is 5. The van der Waals surface area contributed by atoms with Crippen LogP contribution >= 0.6 is 0 Å². The summed E-state index contributed by atoms with van der Waals surface area (Å²) in [6.07, 6.45) is 5.85. The first kappa shape index (κ1) is 22.4. The summed E-state index contributed by atoms with van der Waals surface area (Å²) in [5, 5.41) is 8.95. The molecule has 174 valence electrons. The number of amides is 2. The van der Waals surface area contributed by atoms with Crippen molar-refractivity contribution in [3.8, 4) is 11.3 Å². The number of nitrogens with one attached hydrogen (secondary N) is 2. The number of guanidine groups is 1. The van der Waals surface area contributed by atoms with Crippen molar-refractivity contribution in [3.05, 3.63) is 36.0 Å². The second kappa shape index (κ2) is 8.96. The highest BCUT2D eigenvalue weighted by molar-refractivity contribution is 5.90. The van der Waals surface area contributed by atoms with E-state index in [1.807, 2.05) is 12.4 Å². The molecule has 33 heavy (non-hydrogen) atoms. The third kappa shape index (κ3) is 4.83. The summed E-state index contributed by atoms with van der Waals surface area (Å²) in [7, 11) is 1.85. The fourth-order valence-electron chi connectivity index (χ4n) is 4.31. The van der Waals surface area contributed by atoms with Gasteiger partial charge in [-0.3, -0.25) is 20.5 Å². The summed E-state index contributed by atoms with van der Waals surface area (Å²) in [6, 6.07) is 1.39. The third-order valence-corrected chi connectivity index (χ3v) is 6.11. The van der Waals surface area contributed by atoms with Crippen LogP contribution in [0.15, 0.2) is 24.7 Å². The first-order valence-corrected chi connectivity index (χ1v) is 10.5. The average Bonchev–Trinajstić information content (AvgIpc) is 3.06. The van der Waals surface area contributed by atoms with E-state index in [0.29, 0.717) is 17.9 Å². The van der Waals surface area contributed by atoms with Crippen LogP contribution in [0.4, 0.5) is 15.1 Å². The van der Waals surface area contributed by atoms with Gasteiger partial charge in [0.1, 0.15) is 12.3 Å². The number of halogens is 1. The lowest BCUT2D eigenvalue weighted by atomic mass is 9.78. The normalized spacial score (nSPS) is 17.3. The third-order valence-electron chi connectivity index (χ3n) is 6.11. The Labute approximate surface area is 189 Å². The summed E-state index contributed by atoms with van der Waals surface area (Å²) < 4.78 is 19.8. The molecule has 4 heterocycles. The van der Waals surface area contributed by atoms with E-state index in [1.54, 1.807) is 4.90 Å². The topological polar surface area (TPSA) is 150 Å². The molecule has 0 aliphatic carbocycles. The summed E-state index contributed by atoms with van der Waals surface area (Å²) in [5.41, 5.74) is 5.64. The molecule has 12 heteroatoms. The minimum absolute atomic E-state index is 0.0408. The number of alkyl carbamates (subject to hydrolysis) is 1. The van der Waals surface area contributed by atoms with Crippen molar-refractivity contribution in [2.75, 3.05) is 31.6 Å².